The van der Waals surface area contributed by atoms with Gasteiger partial charge < -0.3 is 0 Å². The predicted molar refractivity (Wildman–Crippen MR) is 177 cm³/mol. The second-order valence-electron chi connectivity index (χ2n) is 9.17. The first kappa shape index (κ1) is 26.7. The van der Waals surface area contributed by atoms with E-state index in [-0.39, 0.29) is 0 Å². The smallest absolute Gasteiger partial charge is 0.0625 e. The molecule has 0 nitrogen and oxygen atoms in total. The van der Waals surface area contributed by atoms with Crippen molar-refractivity contribution in [3.8, 4) is 57.1 Å². The van der Waals surface area contributed by atoms with Gasteiger partial charge in [-0.15, -0.1) is 22.7 Å². The topological polar surface area (TPSA) is 0 Å². The first-order valence-corrected chi connectivity index (χ1v) is 15.1. The maximum absolute atomic E-state index is 3.46. The van der Waals surface area contributed by atoms with Crippen LogP contribution in [0.15, 0.2) is 132 Å². The van der Waals surface area contributed by atoms with Crippen LogP contribution in [0.5, 0.6) is 0 Å². The fourth-order valence-corrected chi connectivity index (χ4v) is 6.21. The molecule has 2 heterocycles. The Hall–Kier alpha value is -5.48. The van der Waals surface area contributed by atoms with Crippen LogP contribution in [0, 0.1) is 47.4 Å². The number of benzene rings is 4. The lowest BCUT2D eigenvalue weighted by atomic mass is 10.0. The Kier molecular flexibility index (Phi) is 8.43. The standard InChI is InChI=1S/C40H22S2/c1-5-13-31(14-6-1)21-25-35-29-41-39(37(35)27-23-33-17-9-3-10-18-33)40-38(28-24-34-19-11-4-12-20-34)36(30-42-40)26-22-32-15-7-2-8-16-32/h1-20,29-30H. The molecule has 6 rings (SSSR count). The molecule has 0 aliphatic heterocycles. The van der Waals surface area contributed by atoms with E-state index in [0.717, 1.165) is 54.3 Å². The highest BCUT2D eigenvalue weighted by Crippen LogP contribution is 2.39. The second-order valence-corrected chi connectivity index (χ2v) is 10.9. The summed E-state index contributed by atoms with van der Waals surface area (Å²) in [7, 11) is 0. The lowest BCUT2D eigenvalue weighted by Crippen LogP contribution is -1.85. The zero-order valence-electron chi connectivity index (χ0n) is 22.5. The molecule has 0 radical (unpaired) electrons. The highest BCUT2D eigenvalue weighted by atomic mass is 32.1. The Balaban J connectivity index is 1.50. The number of hydrogen-bond acceptors (Lipinski definition) is 2. The summed E-state index contributed by atoms with van der Waals surface area (Å²) in [5.74, 6) is 27.0. The summed E-state index contributed by atoms with van der Waals surface area (Å²) in [4.78, 5) is 2.12. The van der Waals surface area contributed by atoms with Crippen molar-refractivity contribution >= 4 is 22.7 Å². The summed E-state index contributed by atoms with van der Waals surface area (Å²) in [5, 5.41) is 4.20. The molecule has 0 spiro atoms. The van der Waals surface area contributed by atoms with Gasteiger partial charge in [-0.3, -0.25) is 0 Å². The second kappa shape index (κ2) is 13.2. The fourth-order valence-electron chi connectivity index (χ4n) is 4.12. The molecule has 6 aromatic rings. The average molecular weight is 567 g/mol. The molecule has 0 saturated carbocycles. The zero-order chi connectivity index (χ0) is 28.4. The largest absolute Gasteiger partial charge is 0.140 e. The van der Waals surface area contributed by atoms with Crippen LogP contribution < -0.4 is 0 Å². The van der Waals surface area contributed by atoms with Crippen molar-refractivity contribution in [1.82, 2.24) is 0 Å². The summed E-state index contributed by atoms with van der Waals surface area (Å²) >= 11 is 3.31. The lowest BCUT2D eigenvalue weighted by Gasteiger charge is -1.99. The molecule has 0 bridgehead atoms. The van der Waals surface area contributed by atoms with Crippen LogP contribution in [-0.4, -0.2) is 0 Å². The maximum atomic E-state index is 3.46. The summed E-state index contributed by atoms with van der Waals surface area (Å²) in [6.45, 7) is 0. The molecule has 0 fully saturated rings. The molecule has 0 atom stereocenters. The third-order valence-electron chi connectivity index (χ3n) is 6.23. The molecule has 2 aromatic heterocycles. The summed E-state index contributed by atoms with van der Waals surface area (Å²) in [6.07, 6.45) is 0. The van der Waals surface area contributed by atoms with Gasteiger partial charge in [-0.2, -0.15) is 0 Å². The van der Waals surface area contributed by atoms with E-state index in [9.17, 15) is 0 Å². The molecule has 42 heavy (non-hydrogen) atoms. The van der Waals surface area contributed by atoms with Crippen molar-refractivity contribution in [1.29, 1.82) is 0 Å². The zero-order valence-corrected chi connectivity index (χ0v) is 24.2. The van der Waals surface area contributed by atoms with E-state index >= 15 is 0 Å². The van der Waals surface area contributed by atoms with Crippen molar-refractivity contribution in [2.75, 3.05) is 0 Å². The summed E-state index contributed by atoms with van der Waals surface area (Å²) < 4.78 is 0. The van der Waals surface area contributed by atoms with Gasteiger partial charge in [0.25, 0.3) is 0 Å². The highest BCUT2D eigenvalue weighted by molar-refractivity contribution is 7.21. The van der Waals surface area contributed by atoms with Gasteiger partial charge in [0.05, 0.1) is 32.0 Å². The molecular formula is C40H22S2. The summed E-state index contributed by atoms with van der Waals surface area (Å²) in [6, 6.07) is 40.2. The molecule has 0 N–H and O–H groups in total. The predicted octanol–water partition coefficient (Wildman–Crippen LogP) is 9.08. The molecular weight excluding hydrogens is 545 g/mol. The van der Waals surface area contributed by atoms with Crippen molar-refractivity contribution < 1.29 is 0 Å². The van der Waals surface area contributed by atoms with Gasteiger partial charge in [-0.05, 0) is 48.5 Å². The molecule has 0 amide bonds. The quantitative estimate of drug-likeness (QED) is 0.174. The van der Waals surface area contributed by atoms with Gasteiger partial charge >= 0.3 is 0 Å². The normalized spacial score (nSPS) is 9.62. The van der Waals surface area contributed by atoms with Crippen molar-refractivity contribution in [3.05, 3.63) is 177 Å². The van der Waals surface area contributed by atoms with Crippen LogP contribution in [0.2, 0.25) is 0 Å². The van der Waals surface area contributed by atoms with Crippen LogP contribution in [0.4, 0.5) is 0 Å². The van der Waals surface area contributed by atoms with Crippen LogP contribution in [0.25, 0.3) is 9.75 Å². The molecule has 0 unspecified atom stereocenters. The van der Waals surface area contributed by atoms with Crippen molar-refractivity contribution in [2.45, 2.75) is 0 Å². The first-order chi connectivity index (χ1) is 20.8. The first-order valence-electron chi connectivity index (χ1n) is 13.3. The monoisotopic (exact) mass is 566 g/mol. The van der Waals surface area contributed by atoms with E-state index in [2.05, 4.69) is 58.1 Å². The Morgan fingerprint density at radius 3 is 0.905 bits per heavy atom. The van der Waals surface area contributed by atoms with Crippen molar-refractivity contribution in [2.24, 2.45) is 0 Å². The van der Waals surface area contributed by atoms with E-state index in [1.165, 1.54) is 0 Å². The van der Waals surface area contributed by atoms with E-state index in [0.29, 0.717) is 0 Å². The van der Waals surface area contributed by atoms with Crippen LogP contribution in [-0.2, 0) is 0 Å². The Morgan fingerprint density at radius 2 is 0.595 bits per heavy atom. The Morgan fingerprint density at radius 1 is 0.310 bits per heavy atom. The van der Waals surface area contributed by atoms with E-state index < -0.39 is 0 Å². The average Bonchev–Trinajstić information content (AvgIpc) is 3.65. The number of rotatable bonds is 1. The van der Waals surface area contributed by atoms with Gasteiger partial charge in [-0.1, -0.05) is 120 Å². The van der Waals surface area contributed by atoms with Crippen molar-refractivity contribution in [3.63, 3.8) is 0 Å². The van der Waals surface area contributed by atoms with E-state index in [1.807, 2.05) is 121 Å². The minimum absolute atomic E-state index is 0.912. The van der Waals surface area contributed by atoms with Gasteiger partial charge in [0.15, 0.2) is 0 Å². The molecule has 194 valence electrons. The fraction of sp³-hybridized carbons (Fsp3) is 0. The number of thiophene rings is 2. The van der Waals surface area contributed by atoms with E-state index in [1.54, 1.807) is 22.7 Å². The highest BCUT2D eigenvalue weighted by Gasteiger charge is 2.18. The third kappa shape index (κ3) is 6.62. The maximum Gasteiger partial charge on any atom is 0.0625 e. The third-order valence-corrected chi connectivity index (χ3v) is 8.35. The van der Waals surface area contributed by atoms with Gasteiger partial charge in [-0.25, -0.2) is 0 Å². The minimum Gasteiger partial charge on any atom is -0.140 e. The number of hydrogen-bond donors (Lipinski definition) is 0. The van der Waals surface area contributed by atoms with Crippen LogP contribution in [0.1, 0.15) is 44.5 Å². The summed E-state index contributed by atoms with van der Waals surface area (Å²) in [5.41, 5.74) is 7.51. The van der Waals surface area contributed by atoms with Crippen LogP contribution in [0.3, 0.4) is 0 Å². The van der Waals surface area contributed by atoms with Crippen LogP contribution >= 0.6 is 22.7 Å². The van der Waals surface area contributed by atoms with Gasteiger partial charge in [0.1, 0.15) is 0 Å². The molecule has 0 aliphatic carbocycles. The Labute approximate surface area is 255 Å². The molecule has 4 aromatic carbocycles. The lowest BCUT2D eigenvalue weighted by molar-refractivity contribution is 1.63. The molecule has 2 heteroatoms. The Bertz CT molecular complexity index is 1910. The SMILES string of the molecule is C(#Cc1csc(-c2scc(C#Cc3ccccc3)c2C#Cc2ccccc2)c1C#Cc1ccccc1)c1ccccc1. The van der Waals surface area contributed by atoms with Gasteiger partial charge in [0.2, 0.25) is 0 Å². The van der Waals surface area contributed by atoms with E-state index in [4.69, 9.17) is 0 Å². The minimum atomic E-state index is 0.912. The molecule has 0 aliphatic rings. The van der Waals surface area contributed by atoms with Gasteiger partial charge in [0, 0.05) is 33.0 Å². The molecule has 0 saturated heterocycles.